The molecule has 0 saturated carbocycles. The molecule has 4 nitrogen and oxygen atoms in total. The van der Waals surface area contributed by atoms with Gasteiger partial charge in [-0.3, -0.25) is 4.79 Å². The van der Waals surface area contributed by atoms with Crippen LogP contribution in [-0.2, 0) is 4.79 Å². The van der Waals surface area contributed by atoms with Gasteiger partial charge in [-0.2, -0.15) is 0 Å². The summed E-state index contributed by atoms with van der Waals surface area (Å²) in [6.45, 7) is 7.75. The molecule has 0 aliphatic carbocycles. The number of carbonyl (C=O) groups excluding carboxylic acids is 1. The number of hydrogen-bond acceptors (Lipinski definition) is 3. The minimum Gasteiger partial charge on any atom is -0.368 e. The molecule has 0 aromatic heterocycles. The van der Waals surface area contributed by atoms with E-state index in [1.165, 1.54) is 0 Å². The third-order valence-electron chi connectivity index (χ3n) is 3.52. The second-order valence-electron chi connectivity index (χ2n) is 4.94. The van der Waals surface area contributed by atoms with E-state index in [9.17, 15) is 4.79 Å². The summed E-state index contributed by atoms with van der Waals surface area (Å²) < 4.78 is 0. The fourth-order valence-electron chi connectivity index (χ4n) is 2.14. The van der Waals surface area contributed by atoms with Gasteiger partial charge < -0.3 is 10.2 Å². The number of hydrogen-bond donors (Lipinski definition) is 1. The van der Waals surface area contributed by atoms with Crippen LogP contribution in [-0.4, -0.2) is 36.2 Å². The smallest absolute Gasteiger partial charge is 0.257 e. The Morgan fingerprint density at radius 2 is 2.39 bits per heavy atom. The van der Waals surface area contributed by atoms with Gasteiger partial charge in [0.25, 0.3) is 5.91 Å². The van der Waals surface area contributed by atoms with Crippen LogP contribution >= 0.6 is 0 Å². The molecule has 2 heterocycles. The lowest BCUT2D eigenvalue weighted by Gasteiger charge is -2.27. The van der Waals surface area contributed by atoms with Crippen molar-refractivity contribution < 1.29 is 4.79 Å². The molecule has 18 heavy (non-hydrogen) atoms. The van der Waals surface area contributed by atoms with Gasteiger partial charge in [-0.1, -0.05) is 19.9 Å². The molecule has 0 aromatic rings. The van der Waals surface area contributed by atoms with Crippen LogP contribution in [0.25, 0.3) is 0 Å². The van der Waals surface area contributed by atoms with Crippen molar-refractivity contribution in [2.75, 3.05) is 13.1 Å². The van der Waals surface area contributed by atoms with E-state index in [1.54, 1.807) is 0 Å². The van der Waals surface area contributed by atoms with Gasteiger partial charge in [-0.25, -0.2) is 4.99 Å². The average molecular weight is 247 g/mol. The number of amides is 1. The first-order valence-electron chi connectivity index (χ1n) is 6.65. The molecule has 98 valence electrons. The number of allylic oxidation sites excluding steroid dienone is 1. The molecular formula is C14H21N3O. The summed E-state index contributed by atoms with van der Waals surface area (Å²) >= 11 is 0. The molecule has 0 saturated heterocycles. The zero-order chi connectivity index (χ0) is 13.1. The topological polar surface area (TPSA) is 44.7 Å². The summed E-state index contributed by atoms with van der Waals surface area (Å²) in [7, 11) is 0. The van der Waals surface area contributed by atoms with Crippen molar-refractivity contribution in [1.29, 1.82) is 0 Å². The molecule has 1 amide bonds. The van der Waals surface area contributed by atoms with Crippen LogP contribution in [0.15, 0.2) is 28.5 Å². The molecule has 0 radical (unpaired) electrons. The van der Waals surface area contributed by atoms with Gasteiger partial charge in [-0.15, -0.1) is 0 Å². The third-order valence-corrected chi connectivity index (χ3v) is 3.52. The quantitative estimate of drug-likeness (QED) is 0.807. The lowest BCUT2D eigenvalue weighted by atomic mass is 10.1. The molecule has 2 atom stereocenters. The van der Waals surface area contributed by atoms with Crippen molar-refractivity contribution in [2.24, 2.45) is 10.9 Å². The minimum atomic E-state index is 0.0897. The number of aliphatic imine (C=N–C) groups is 1. The van der Waals surface area contributed by atoms with E-state index in [-0.39, 0.29) is 17.9 Å². The Morgan fingerprint density at radius 3 is 3.11 bits per heavy atom. The molecule has 0 bridgehead atoms. The second-order valence-corrected chi connectivity index (χ2v) is 4.94. The van der Waals surface area contributed by atoms with Crippen molar-refractivity contribution in [2.45, 2.75) is 33.2 Å². The van der Waals surface area contributed by atoms with Crippen LogP contribution in [0, 0.1) is 5.92 Å². The van der Waals surface area contributed by atoms with Crippen molar-refractivity contribution in [3.8, 4) is 0 Å². The van der Waals surface area contributed by atoms with E-state index in [1.807, 2.05) is 23.3 Å². The number of carbonyl (C=O) groups is 1. The number of rotatable bonds is 2. The molecular weight excluding hydrogens is 226 g/mol. The fraction of sp³-hybridized carbons (Fsp3) is 0.571. The maximum atomic E-state index is 12.5. The second kappa shape index (κ2) is 5.38. The van der Waals surface area contributed by atoms with Gasteiger partial charge in [0.05, 0.1) is 5.57 Å². The van der Waals surface area contributed by atoms with E-state index in [2.05, 4.69) is 31.1 Å². The Kier molecular flexibility index (Phi) is 3.84. The van der Waals surface area contributed by atoms with Crippen molar-refractivity contribution in [3.05, 3.63) is 23.5 Å². The number of nitrogens with zero attached hydrogens (tertiary/aromatic N) is 2. The highest BCUT2D eigenvalue weighted by Crippen LogP contribution is 2.19. The summed E-state index contributed by atoms with van der Waals surface area (Å²) in [4.78, 5) is 18.9. The first-order valence-corrected chi connectivity index (χ1v) is 6.65. The summed E-state index contributed by atoms with van der Waals surface area (Å²) in [5.74, 6) is 1.07. The van der Waals surface area contributed by atoms with Crippen LogP contribution < -0.4 is 5.32 Å². The lowest BCUT2D eigenvalue weighted by Crippen LogP contribution is -2.40. The average Bonchev–Trinajstić information content (AvgIpc) is 2.64. The summed E-state index contributed by atoms with van der Waals surface area (Å²) in [5, 5.41) is 3.25. The summed E-state index contributed by atoms with van der Waals surface area (Å²) in [5.41, 5.74) is 0.688. The van der Waals surface area contributed by atoms with E-state index >= 15 is 0 Å². The maximum absolute atomic E-state index is 12.5. The predicted octanol–water partition coefficient (Wildman–Crippen LogP) is 1.71. The van der Waals surface area contributed by atoms with Gasteiger partial charge in [0.1, 0.15) is 5.82 Å². The van der Waals surface area contributed by atoms with E-state index in [0.29, 0.717) is 11.4 Å². The van der Waals surface area contributed by atoms with Gasteiger partial charge in [-0.05, 0) is 19.4 Å². The highest BCUT2D eigenvalue weighted by molar-refractivity contribution is 5.98. The molecule has 2 aliphatic rings. The van der Waals surface area contributed by atoms with Crippen LogP contribution in [0.4, 0.5) is 0 Å². The van der Waals surface area contributed by atoms with Crippen LogP contribution in [0.5, 0.6) is 0 Å². The highest BCUT2D eigenvalue weighted by atomic mass is 16.2. The first kappa shape index (κ1) is 12.9. The lowest BCUT2D eigenvalue weighted by molar-refractivity contribution is -0.128. The molecule has 1 N–H and O–H groups in total. The van der Waals surface area contributed by atoms with E-state index in [4.69, 9.17) is 0 Å². The Bertz CT molecular complexity index is 423. The SMILES string of the molecule is CCC(C)N1CCNC2=C(C=CC(C)C=N2)C1=O. The van der Waals surface area contributed by atoms with Crippen LogP contribution in [0.1, 0.15) is 27.2 Å². The minimum absolute atomic E-state index is 0.0897. The van der Waals surface area contributed by atoms with Crippen LogP contribution in [0.3, 0.4) is 0 Å². The Morgan fingerprint density at radius 1 is 1.61 bits per heavy atom. The predicted molar refractivity (Wildman–Crippen MR) is 73.3 cm³/mol. The van der Waals surface area contributed by atoms with E-state index in [0.717, 1.165) is 19.5 Å². The molecule has 0 fully saturated rings. The Labute approximate surface area is 108 Å². The molecule has 2 aliphatic heterocycles. The zero-order valence-electron chi connectivity index (χ0n) is 11.3. The van der Waals surface area contributed by atoms with Crippen LogP contribution in [0.2, 0.25) is 0 Å². The Balaban J connectivity index is 2.33. The normalized spacial score (nSPS) is 25.4. The third kappa shape index (κ3) is 2.47. The Hall–Kier alpha value is -1.58. The highest BCUT2D eigenvalue weighted by Gasteiger charge is 2.26. The van der Waals surface area contributed by atoms with E-state index < -0.39 is 0 Å². The monoisotopic (exact) mass is 247 g/mol. The molecule has 0 spiro atoms. The fourth-order valence-corrected chi connectivity index (χ4v) is 2.14. The first-order chi connectivity index (χ1) is 8.63. The van der Waals surface area contributed by atoms with Gasteiger partial charge in [0.2, 0.25) is 0 Å². The van der Waals surface area contributed by atoms with Crippen molar-refractivity contribution in [3.63, 3.8) is 0 Å². The van der Waals surface area contributed by atoms with Gasteiger partial charge >= 0.3 is 0 Å². The molecule has 2 rings (SSSR count). The maximum Gasteiger partial charge on any atom is 0.257 e. The zero-order valence-corrected chi connectivity index (χ0v) is 11.3. The molecule has 4 heteroatoms. The van der Waals surface area contributed by atoms with Crippen molar-refractivity contribution >= 4 is 12.1 Å². The van der Waals surface area contributed by atoms with Gasteiger partial charge in [0, 0.05) is 31.3 Å². The largest absolute Gasteiger partial charge is 0.368 e. The molecule has 2 unspecified atom stereocenters. The molecule has 0 aromatic carbocycles. The summed E-state index contributed by atoms with van der Waals surface area (Å²) in [6, 6.07) is 0.268. The van der Waals surface area contributed by atoms with Crippen molar-refractivity contribution in [1.82, 2.24) is 10.2 Å². The number of nitrogens with one attached hydrogen (secondary N) is 1. The standard InChI is InChI=1S/C14H21N3O/c1-4-11(3)17-8-7-15-13-12(14(17)18)6-5-10(2)9-16-13/h5-6,9-11,15H,4,7-8H2,1-3H3. The summed E-state index contributed by atoms with van der Waals surface area (Å²) in [6.07, 6.45) is 6.77. The van der Waals surface area contributed by atoms with Gasteiger partial charge in [0.15, 0.2) is 0 Å².